The summed E-state index contributed by atoms with van der Waals surface area (Å²) in [6.07, 6.45) is 0. The van der Waals surface area contributed by atoms with Gasteiger partial charge in [0.25, 0.3) is 11.8 Å². The molecule has 5 rings (SSSR count). The number of benzene rings is 3. The minimum Gasteiger partial charge on any atom is -0.484 e. The third-order valence-corrected chi connectivity index (χ3v) is 9.75. The summed E-state index contributed by atoms with van der Waals surface area (Å²) in [5.74, 6) is -0.0362. The van der Waals surface area contributed by atoms with E-state index < -0.39 is 26.7 Å². The quantitative estimate of drug-likeness (QED) is 0.224. The third-order valence-electron chi connectivity index (χ3n) is 6.54. The molecule has 4 aromatic rings. The second kappa shape index (κ2) is 10.5. The van der Waals surface area contributed by atoms with Crippen LogP contribution in [0.5, 0.6) is 5.75 Å². The second-order valence-corrected chi connectivity index (χ2v) is 13.2. The Kier molecular flexibility index (Phi) is 7.29. The van der Waals surface area contributed by atoms with Gasteiger partial charge in [0, 0.05) is 39.6 Å². The molecule has 3 aromatic carbocycles. The normalized spacial score (nSPS) is 17.7. The number of para-hydroxylation sites is 1. The van der Waals surface area contributed by atoms with Gasteiger partial charge in [-0.2, -0.15) is 16.1 Å². The van der Waals surface area contributed by atoms with E-state index in [2.05, 4.69) is 5.32 Å². The first-order chi connectivity index (χ1) is 18.6. The van der Waals surface area contributed by atoms with E-state index in [0.29, 0.717) is 39.1 Å². The molecule has 1 unspecified atom stereocenters. The zero-order valence-electron chi connectivity index (χ0n) is 21.2. The van der Waals surface area contributed by atoms with Crippen molar-refractivity contribution in [3.63, 3.8) is 0 Å². The molecule has 1 aliphatic rings. The number of anilines is 1. The Morgan fingerprint density at radius 2 is 1.85 bits per heavy atom. The smallest absolute Gasteiger partial charge is 0.263 e. The molecule has 2 heterocycles. The summed E-state index contributed by atoms with van der Waals surface area (Å²) in [7, 11) is -4.09. The van der Waals surface area contributed by atoms with Gasteiger partial charge in [-0.3, -0.25) is 14.8 Å². The molecule has 10 nitrogen and oxygen atoms in total. The molecule has 3 N–H and O–H groups in total. The number of nitrogens with one attached hydrogen (secondary N) is 2. The lowest BCUT2D eigenvalue weighted by molar-refractivity contribution is -0.134. The number of carbonyl (C=O) groups excluding carboxylic acids is 2. The van der Waals surface area contributed by atoms with E-state index in [1.54, 1.807) is 55.7 Å². The van der Waals surface area contributed by atoms with Crippen molar-refractivity contribution in [2.24, 2.45) is 0 Å². The topological polar surface area (TPSA) is 138 Å². The Hall–Kier alpha value is -3.58. The maximum absolute atomic E-state index is 13.7. The summed E-state index contributed by atoms with van der Waals surface area (Å²) in [6, 6.07) is 17.5. The van der Waals surface area contributed by atoms with Crippen molar-refractivity contribution in [3.8, 4) is 5.75 Å². The van der Waals surface area contributed by atoms with Crippen molar-refractivity contribution in [1.82, 2.24) is 9.79 Å². The van der Waals surface area contributed by atoms with Gasteiger partial charge < -0.3 is 14.5 Å². The summed E-state index contributed by atoms with van der Waals surface area (Å²) in [5.41, 5.74) is 3.06. The lowest BCUT2D eigenvalue weighted by Crippen LogP contribution is -2.61. The highest BCUT2D eigenvalue weighted by Crippen LogP contribution is 2.39. The average Bonchev–Trinajstić information content (AvgIpc) is 3.28. The van der Waals surface area contributed by atoms with E-state index in [1.165, 1.54) is 23.9 Å². The number of nitrogens with zero attached hydrogens (tertiary/aromatic N) is 1. The van der Waals surface area contributed by atoms with Gasteiger partial charge in [-0.25, -0.2) is 13.9 Å². The number of hydrogen-bond donors (Lipinski definition) is 3. The molecule has 1 atom stereocenters. The first kappa shape index (κ1) is 27.0. The molecule has 1 fully saturated rings. The van der Waals surface area contributed by atoms with Crippen LogP contribution < -0.4 is 15.5 Å². The Morgan fingerprint density at radius 1 is 1.08 bits per heavy atom. The van der Waals surface area contributed by atoms with E-state index >= 15 is 0 Å². The third kappa shape index (κ3) is 5.33. The van der Waals surface area contributed by atoms with E-state index in [1.807, 2.05) is 18.2 Å². The van der Waals surface area contributed by atoms with E-state index in [-0.39, 0.29) is 24.0 Å². The standard InChI is InChI=1S/C27H27N3O7S2/c1-27(2)25(26(32)29-33)30(12-13-38-27)39(34,35)19-9-11-22-21(15-19)20-10-8-17(14-23(20)37-22)28-24(31)16-36-18-6-4-3-5-7-18/h3-11,14-15,25,33H,12-13,16H2,1-2H3,(H,28,31)(H,29,32). The van der Waals surface area contributed by atoms with E-state index in [9.17, 15) is 23.2 Å². The molecule has 0 aliphatic carbocycles. The highest BCUT2D eigenvalue weighted by atomic mass is 32.2. The maximum Gasteiger partial charge on any atom is 0.263 e. The van der Waals surface area contributed by atoms with Crippen molar-refractivity contribution in [3.05, 3.63) is 66.7 Å². The van der Waals surface area contributed by atoms with Crippen LogP contribution in [-0.2, 0) is 19.6 Å². The second-order valence-electron chi connectivity index (χ2n) is 9.57. The van der Waals surface area contributed by atoms with Crippen LogP contribution in [0.15, 0.2) is 76.0 Å². The van der Waals surface area contributed by atoms with Crippen molar-refractivity contribution in [2.45, 2.75) is 29.5 Å². The maximum atomic E-state index is 13.7. The fourth-order valence-electron chi connectivity index (χ4n) is 4.71. The van der Waals surface area contributed by atoms with Crippen LogP contribution in [0.1, 0.15) is 13.8 Å². The SMILES string of the molecule is CC1(C)SCCN(S(=O)(=O)c2ccc3oc4cc(NC(=O)COc5ccccc5)ccc4c3c2)C1C(=O)NO. The van der Waals surface area contributed by atoms with Gasteiger partial charge in [0.2, 0.25) is 10.0 Å². The fraction of sp³-hybridized carbons (Fsp3) is 0.259. The summed E-state index contributed by atoms with van der Waals surface area (Å²) < 4.78 is 39.2. The van der Waals surface area contributed by atoms with Crippen LogP contribution in [-0.4, -0.2) is 59.4 Å². The number of sulfonamides is 1. The molecule has 1 aliphatic heterocycles. The van der Waals surface area contributed by atoms with Crippen LogP contribution >= 0.6 is 11.8 Å². The van der Waals surface area contributed by atoms with Gasteiger partial charge in [-0.1, -0.05) is 18.2 Å². The number of hydroxylamine groups is 1. The molecule has 39 heavy (non-hydrogen) atoms. The fourth-order valence-corrected chi connectivity index (χ4v) is 7.85. The van der Waals surface area contributed by atoms with Crippen LogP contribution in [0.3, 0.4) is 0 Å². The number of furan rings is 1. The van der Waals surface area contributed by atoms with Gasteiger partial charge in [0.15, 0.2) is 6.61 Å². The van der Waals surface area contributed by atoms with Crippen LogP contribution in [0.2, 0.25) is 0 Å². The summed E-state index contributed by atoms with van der Waals surface area (Å²) in [4.78, 5) is 24.9. The van der Waals surface area contributed by atoms with Gasteiger partial charge in [0.1, 0.15) is 23.0 Å². The molecule has 12 heteroatoms. The van der Waals surface area contributed by atoms with Crippen molar-refractivity contribution in [1.29, 1.82) is 0 Å². The van der Waals surface area contributed by atoms with Crippen LogP contribution in [0, 0.1) is 0 Å². The van der Waals surface area contributed by atoms with Gasteiger partial charge in [-0.05, 0) is 56.3 Å². The monoisotopic (exact) mass is 569 g/mol. The Bertz CT molecular complexity index is 1650. The first-order valence-electron chi connectivity index (χ1n) is 12.1. The highest BCUT2D eigenvalue weighted by molar-refractivity contribution is 8.01. The number of ether oxygens (including phenoxy) is 1. The molecule has 0 saturated carbocycles. The summed E-state index contributed by atoms with van der Waals surface area (Å²) >= 11 is 1.47. The minimum absolute atomic E-state index is 0.00609. The molecule has 0 radical (unpaired) electrons. The number of hydrogen-bond acceptors (Lipinski definition) is 8. The number of fused-ring (bicyclic) bond motifs is 3. The van der Waals surface area contributed by atoms with Gasteiger partial charge in [-0.15, -0.1) is 0 Å². The van der Waals surface area contributed by atoms with Crippen molar-refractivity contribution in [2.75, 3.05) is 24.2 Å². The predicted molar refractivity (Wildman–Crippen MR) is 148 cm³/mol. The molecular formula is C27H27N3O7S2. The zero-order chi connectivity index (χ0) is 27.8. The average molecular weight is 570 g/mol. The van der Waals surface area contributed by atoms with Crippen LogP contribution in [0.25, 0.3) is 21.9 Å². The molecule has 204 valence electrons. The first-order valence-corrected chi connectivity index (χ1v) is 14.6. The number of rotatable bonds is 7. The molecular weight excluding hydrogens is 542 g/mol. The minimum atomic E-state index is -4.09. The Morgan fingerprint density at radius 3 is 2.59 bits per heavy atom. The van der Waals surface area contributed by atoms with E-state index in [0.717, 1.165) is 4.31 Å². The number of amides is 2. The van der Waals surface area contributed by atoms with Gasteiger partial charge >= 0.3 is 0 Å². The van der Waals surface area contributed by atoms with Crippen LogP contribution in [0.4, 0.5) is 5.69 Å². The Labute approximate surface area is 229 Å². The molecule has 1 saturated heterocycles. The molecule has 0 spiro atoms. The predicted octanol–water partition coefficient (Wildman–Crippen LogP) is 3.99. The summed E-state index contributed by atoms with van der Waals surface area (Å²) in [5, 5.41) is 13.3. The Balaban J connectivity index is 1.41. The number of carbonyl (C=O) groups is 2. The van der Waals surface area contributed by atoms with Gasteiger partial charge in [0.05, 0.1) is 4.90 Å². The molecule has 2 amide bonds. The highest BCUT2D eigenvalue weighted by Gasteiger charge is 2.48. The number of thioether (sulfide) groups is 1. The van der Waals surface area contributed by atoms with E-state index in [4.69, 9.17) is 9.15 Å². The van der Waals surface area contributed by atoms with Crippen molar-refractivity contribution >= 4 is 61.2 Å². The lowest BCUT2D eigenvalue weighted by Gasteiger charge is -2.43. The zero-order valence-corrected chi connectivity index (χ0v) is 22.8. The molecule has 1 aromatic heterocycles. The lowest BCUT2D eigenvalue weighted by atomic mass is 10.0. The summed E-state index contributed by atoms with van der Waals surface area (Å²) in [6.45, 7) is 3.51. The van der Waals surface area contributed by atoms with Crippen molar-refractivity contribution < 1.29 is 32.4 Å². The largest absolute Gasteiger partial charge is 0.484 e. The molecule has 0 bridgehead atoms.